The van der Waals surface area contributed by atoms with Crippen LogP contribution in [0.15, 0.2) is 42.5 Å². The maximum atomic E-state index is 13.2. The molecule has 55 heavy (non-hydrogen) atoms. The average Bonchev–Trinajstić information content (AvgIpc) is 2.98. The lowest BCUT2D eigenvalue weighted by Gasteiger charge is -2.20. The Labute approximate surface area is 316 Å². The van der Waals surface area contributed by atoms with Gasteiger partial charge in [0.05, 0.1) is 18.9 Å². The van der Waals surface area contributed by atoms with Crippen molar-refractivity contribution in [3.8, 4) is 34.5 Å². The van der Waals surface area contributed by atoms with E-state index >= 15 is 0 Å². The third kappa shape index (κ3) is 13.7. The zero-order valence-corrected chi connectivity index (χ0v) is 31.0. The number of phenolic OH excluding ortho intramolecular Hbond substituents is 6. The van der Waals surface area contributed by atoms with Crippen LogP contribution in [0.2, 0.25) is 0 Å². The molecule has 16 heteroatoms. The van der Waals surface area contributed by atoms with Crippen molar-refractivity contribution < 1.29 is 78.7 Å². The van der Waals surface area contributed by atoms with Gasteiger partial charge in [-0.05, 0) is 75.6 Å². The molecule has 0 aliphatic rings. The van der Waals surface area contributed by atoms with E-state index < -0.39 is 102 Å². The summed E-state index contributed by atoms with van der Waals surface area (Å²) in [5, 5.41) is 69.8. The first kappa shape index (κ1) is 43.4. The number of hydrogen-bond acceptors (Lipinski definition) is 16. The van der Waals surface area contributed by atoms with Crippen molar-refractivity contribution in [2.75, 3.05) is 0 Å². The quantitative estimate of drug-likeness (QED) is 0.0711. The maximum absolute atomic E-state index is 13.2. The second kappa shape index (κ2) is 19.3. The molecular formula is C39H46O16. The van der Waals surface area contributed by atoms with E-state index in [0.29, 0.717) is 5.56 Å². The van der Waals surface area contributed by atoms with Gasteiger partial charge in [-0.1, -0.05) is 0 Å². The molecule has 0 fully saturated rings. The lowest BCUT2D eigenvalue weighted by atomic mass is 9.98. The maximum Gasteiger partial charge on any atom is 0.342 e. The van der Waals surface area contributed by atoms with Gasteiger partial charge < -0.3 is 54.7 Å². The highest BCUT2D eigenvalue weighted by Gasteiger charge is 2.27. The summed E-state index contributed by atoms with van der Waals surface area (Å²) in [6.45, 7) is 7.27. The summed E-state index contributed by atoms with van der Waals surface area (Å²) in [6, 6.07) is 8.04. The molecule has 0 saturated carbocycles. The predicted molar refractivity (Wildman–Crippen MR) is 192 cm³/mol. The minimum atomic E-state index is -1.10. The molecule has 5 atom stereocenters. The fraction of sp³-hybridized carbons (Fsp3) is 0.410. The molecule has 0 aliphatic carbocycles. The number of esters is 4. The first-order valence-electron chi connectivity index (χ1n) is 17.3. The largest absolute Gasteiger partial charge is 0.508 e. The van der Waals surface area contributed by atoms with Crippen molar-refractivity contribution in [2.45, 2.75) is 104 Å². The number of hydrogen-bond donors (Lipinski definition) is 7. The number of benzene rings is 3. The van der Waals surface area contributed by atoms with E-state index in [1.54, 1.807) is 6.92 Å². The van der Waals surface area contributed by atoms with Crippen LogP contribution in [0.3, 0.4) is 0 Å². The number of aliphatic hydroxyl groups is 1. The van der Waals surface area contributed by atoms with Gasteiger partial charge in [0.2, 0.25) is 0 Å². The normalized spacial score (nSPS) is 13.8. The summed E-state index contributed by atoms with van der Waals surface area (Å²) in [4.78, 5) is 63.8. The Balaban J connectivity index is 1.59. The van der Waals surface area contributed by atoms with Gasteiger partial charge in [-0.25, -0.2) is 9.59 Å². The number of ether oxygens (including phenoxy) is 4. The number of aliphatic hydroxyl groups excluding tert-OH is 1. The number of carbonyl (C=O) groups excluding carboxylic acids is 5. The Hall–Kier alpha value is -6.03. The monoisotopic (exact) mass is 770 g/mol. The highest BCUT2D eigenvalue weighted by atomic mass is 16.6. The van der Waals surface area contributed by atoms with Crippen molar-refractivity contribution in [2.24, 2.45) is 0 Å². The van der Waals surface area contributed by atoms with Gasteiger partial charge in [-0.3, -0.25) is 14.4 Å². The fourth-order valence-corrected chi connectivity index (χ4v) is 5.80. The molecule has 0 spiro atoms. The van der Waals surface area contributed by atoms with Crippen LogP contribution in [0.1, 0.15) is 91.3 Å². The summed E-state index contributed by atoms with van der Waals surface area (Å²) < 4.78 is 21.5. The number of rotatable bonds is 18. The third-order valence-corrected chi connectivity index (χ3v) is 7.87. The number of ketones is 1. The highest BCUT2D eigenvalue weighted by Crippen LogP contribution is 2.31. The SMILES string of the molecule is C[C@H](Cc1cc(O)cc(O)c1)OC(=O)C[C@@H](C)OC(=O)c1c(O)cc(O)cc1C[C@@H](C)OC(=O)C[C@@H](C)OC(=O)c1c(O)cc(O)cc1CC(=O)C[C@@H](C)O. The van der Waals surface area contributed by atoms with E-state index in [9.17, 15) is 59.7 Å². The minimum absolute atomic E-state index is 0.0421. The number of phenols is 6. The van der Waals surface area contributed by atoms with Crippen molar-refractivity contribution >= 4 is 29.7 Å². The Morgan fingerprint density at radius 2 is 0.927 bits per heavy atom. The molecule has 3 aromatic rings. The van der Waals surface area contributed by atoms with E-state index in [0.717, 1.165) is 24.3 Å². The number of aromatic hydroxyl groups is 6. The van der Waals surface area contributed by atoms with Crippen molar-refractivity contribution in [3.05, 3.63) is 70.3 Å². The molecule has 0 saturated heterocycles. The number of carbonyl (C=O) groups is 5. The summed E-state index contributed by atoms with van der Waals surface area (Å²) in [6.07, 6.45) is -6.17. The van der Waals surface area contributed by atoms with E-state index in [1.165, 1.54) is 45.9 Å². The van der Waals surface area contributed by atoms with Crippen LogP contribution in [0.4, 0.5) is 0 Å². The van der Waals surface area contributed by atoms with Gasteiger partial charge in [0, 0.05) is 43.9 Å². The molecule has 0 amide bonds. The molecule has 0 heterocycles. The molecular weight excluding hydrogens is 724 g/mol. The van der Waals surface area contributed by atoms with Crippen molar-refractivity contribution in [1.82, 2.24) is 0 Å². The van der Waals surface area contributed by atoms with Crippen molar-refractivity contribution in [1.29, 1.82) is 0 Å². The molecule has 16 nitrogen and oxygen atoms in total. The predicted octanol–water partition coefficient (Wildman–Crippen LogP) is 4.02. The topological polar surface area (TPSA) is 264 Å². The van der Waals surface area contributed by atoms with E-state index in [4.69, 9.17) is 18.9 Å². The van der Waals surface area contributed by atoms with Crippen LogP contribution in [-0.4, -0.2) is 95.9 Å². The van der Waals surface area contributed by atoms with Crippen molar-refractivity contribution in [3.63, 3.8) is 0 Å². The average molecular weight is 771 g/mol. The van der Waals surface area contributed by atoms with Crippen LogP contribution >= 0.6 is 0 Å². The zero-order valence-electron chi connectivity index (χ0n) is 31.0. The molecule has 7 N–H and O–H groups in total. The highest BCUT2D eigenvalue weighted by molar-refractivity contribution is 5.97. The first-order chi connectivity index (χ1) is 25.7. The molecule has 0 aromatic heterocycles. The number of Topliss-reactive ketones (excluding diaryl/α,β-unsaturated/α-hetero) is 1. The molecule has 3 aromatic carbocycles. The standard InChI is InChI=1S/C39H46O16/c1-19(40)6-27(41)14-26-15-31(45)18-33(47)37(26)39(51)55-23(5)10-35(49)53-21(3)8-25-13-30(44)17-32(46)36(25)38(50)54-22(4)9-34(48)52-20(2)7-24-11-28(42)16-29(43)12-24/h11-13,15-23,40,42-47H,6-10,14H2,1-5H3/t19-,20-,21-,22-,23-/m1/s1. The lowest BCUT2D eigenvalue weighted by molar-refractivity contribution is -0.151. The van der Waals surface area contributed by atoms with Crippen LogP contribution in [-0.2, 0) is 52.6 Å². The summed E-state index contributed by atoms with van der Waals surface area (Å²) in [7, 11) is 0. The molecule has 3 rings (SSSR count). The van der Waals surface area contributed by atoms with Gasteiger partial charge >= 0.3 is 23.9 Å². The second-order valence-corrected chi connectivity index (χ2v) is 13.5. The summed E-state index contributed by atoms with van der Waals surface area (Å²) in [5.41, 5.74) is -0.238. The van der Waals surface area contributed by atoms with Gasteiger partial charge in [-0.15, -0.1) is 0 Å². The Bertz CT molecular complexity index is 1860. The van der Waals surface area contributed by atoms with Gasteiger partial charge in [-0.2, -0.15) is 0 Å². The van der Waals surface area contributed by atoms with Gasteiger partial charge in [0.15, 0.2) is 0 Å². The summed E-state index contributed by atoms with van der Waals surface area (Å²) >= 11 is 0. The Morgan fingerprint density at radius 1 is 0.509 bits per heavy atom. The van der Waals surface area contributed by atoms with Gasteiger partial charge in [0.25, 0.3) is 0 Å². The van der Waals surface area contributed by atoms with Gasteiger partial charge in [0.1, 0.15) is 75.8 Å². The minimum Gasteiger partial charge on any atom is -0.508 e. The molecule has 0 aliphatic heterocycles. The van der Waals surface area contributed by atoms with Crippen LogP contribution in [0, 0.1) is 0 Å². The van der Waals surface area contributed by atoms with Crippen LogP contribution in [0.25, 0.3) is 0 Å². The zero-order chi connectivity index (χ0) is 41.1. The van der Waals surface area contributed by atoms with Crippen LogP contribution < -0.4 is 0 Å². The molecule has 0 bridgehead atoms. The molecule has 0 radical (unpaired) electrons. The smallest absolute Gasteiger partial charge is 0.342 e. The molecule has 0 unspecified atom stereocenters. The van der Waals surface area contributed by atoms with Crippen LogP contribution in [0.5, 0.6) is 34.5 Å². The third-order valence-electron chi connectivity index (χ3n) is 7.87. The lowest BCUT2D eigenvalue weighted by Crippen LogP contribution is -2.25. The Morgan fingerprint density at radius 3 is 1.40 bits per heavy atom. The van der Waals surface area contributed by atoms with E-state index in [2.05, 4.69) is 0 Å². The first-order valence-corrected chi connectivity index (χ1v) is 17.3. The molecule has 298 valence electrons. The fourth-order valence-electron chi connectivity index (χ4n) is 5.80. The van der Waals surface area contributed by atoms with E-state index in [-0.39, 0.29) is 53.9 Å². The Kier molecular flexibility index (Phi) is 15.3. The van der Waals surface area contributed by atoms with E-state index in [1.807, 2.05) is 0 Å². The second-order valence-electron chi connectivity index (χ2n) is 13.5. The summed E-state index contributed by atoms with van der Waals surface area (Å²) in [5.74, 6) is -6.58.